The maximum absolute atomic E-state index is 13.8. The molecule has 0 amide bonds. The van der Waals surface area contributed by atoms with Crippen molar-refractivity contribution in [3.05, 3.63) is 23.7 Å². The second-order valence-corrected chi connectivity index (χ2v) is 10.4. The Kier molecular flexibility index (Phi) is 7.04. The molecule has 8 heteroatoms. The van der Waals surface area contributed by atoms with Gasteiger partial charge >= 0.3 is 11.9 Å². The van der Waals surface area contributed by atoms with Crippen LogP contribution < -0.4 is 0 Å². The molecule has 1 aromatic rings. The Balaban J connectivity index is 1.73. The Morgan fingerprint density at radius 3 is 2.74 bits per heavy atom. The van der Waals surface area contributed by atoms with Crippen LogP contribution in [0.25, 0.3) is 0 Å². The first-order valence-electron chi connectivity index (χ1n) is 11.6. The van der Waals surface area contributed by atoms with E-state index in [1.807, 2.05) is 13.0 Å². The quantitative estimate of drug-likeness (QED) is 0.330. The van der Waals surface area contributed by atoms with E-state index in [9.17, 15) is 19.2 Å². The molecule has 0 bridgehead atoms. The summed E-state index contributed by atoms with van der Waals surface area (Å²) in [7, 11) is 1.33. The number of hydrogen-bond donors (Lipinski definition) is 0. The Morgan fingerprint density at radius 1 is 1.29 bits per heavy atom. The van der Waals surface area contributed by atoms with Gasteiger partial charge in [-0.3, -0.25) is 19.2 Å². The van der Waals surface area contributed by atoms with Gasteiger partial charge in [-0.05, 0) is 55.4 Å². The number of rotatable bonds is 4. The minimum atomic E-state index is -1.03. The second kappa shape index (κ2) is 9.69. The summed E-state index contributed by atoms with van der Waals surface area (Å²) in [6.07, 6.45) is 2.82. The van der Waals surface area contributed by atoms with Crippen LogP contribution in [0.15, 0.2) is 16.7 Å². The lowest BCUT2D eigenvalue weighted by atomic mass is 9.46. The number of carbonyl (C=O) groups excluding carboxylic acids is 4. The summed E-state index contributed by atoms with van der Waals surface area (Å²) in [5, 5.41) is -0.0457. The molecule has 3 saturated carbocycles. The van der Waals surface area contributed by atoms with Crippen molar-refractivity contribution >= 4 is 39.4 Å². The molecule has 182 valence electrons. The van der Waals surface area contributed by atoms with Gasteiger partial charge in [0.25, 0.3) is 0 Å². The van der Waals surface area contributed by atoms with Crippen molar-refractivity contribution in [2.24, 2.45) is 29.1 Å². The molecule has 0 spiro atoms. The van der Waals surface area contributed by atoms with Crippen molar-refractivity contribution < 1.29 is 33.1 Å². The molecule has 7 nitrogen and oxygen atoms in total. The molecule has 0 radical (unpaired) electrons. The third kappa shape index (κ3) is 4.13. The number of furan rings is 1. The van der Waals surface area contributed by atoms with Crippen molar-refractivity contribution in [1.82, 2.24) is 0 Å². The minimum absolute atomic E-state index is 0.0457. The topological polar surface area (TPSA) is 99.9 Å². The third-order valence-corrected chi connectivity index (χ3v) is 8.64. The predicted molar refractivity (Wildman–Crippen MR) is 125 cm³/mol. The number of carbonyl (C=O) groups is 4. The Hall–Kier alpha value is -2.40. The molecule has 0 unspecified atom stereocenters. The Morgan fingerprint density at radius 2 is 2.06 bits per heavy atom. The molecule has 0 aromatic carbocycles. The maximum atomic E-state index is 13.8. The van der Waals surface area contributed by atoms with E-state index in [1.54, 1.807) is 13.2 Å². The van der Waals surface area contributed by atoms with Crippen molar-refractivity contribution in [3.63, 3.8) is 0 Å². The van der Waals surface area contributed by atoms with Gasteiger partial charge in [0.05, 0.1) is 19.3 Å². The Bertz CT molecular complexity index is 1060. The van der Waals surface area contributed by atoms with E-state index >= 15 is 0 Å². The first-order valence-corrected chi connectivity index (χ1v) is 12.8. The molecular weight excluding hydrogens is 504 g/mol. The highest BCUT2D eigenvalue weighted by Crippen LogP contribution is 2.60. The van der Waals surface area contributed by atoms with Crippen LogP contribution in [-0.2, 0) is 28.7 Å². The van der Waals surface area contributed by atoms with Gasteiger partial charge in [-0.15, -0.1) is 0 Å². The van der Waals surface area contributed by atoms with Crippen molar-refractivity contribution in [2.75, 3.05) is 12.4 Å². The first kappa shape index (κ1) is 24.7. The number of fused-ring (bicyclic) bond motifs is 3. The van der Waals surface area contributed by atoms with Crippen LogP contribution >= 0.6 is 15.9 Å². The molecule has 3 aliphatic rings. The molecular formula is C26H29BrO7. The summed E-state index contributed by atoms with van der Waals surface area (Å²) in [6.45, 7) is 3.68. The highest BCUT2D eigenvalue weighted by atomic mass is 79.9. The number of methoxy groups -OCH3 is 1. The monoisotopic (exact) mass is 532 g/mol. The number of esters is 2. The van der Waals surface area contributed by atoms with Crippen molar-refractivity contribution in [1.29, 1.82) is 0 Å². The summed E-state index contributed by atoms with van der Waals surface area (Å²) < 4.78 is 16.1. The predicted octanol–water partition coefficient (Wildman–Crippen LogP) is 3.81. The van der Waals surface area contributed by atoms with Gasteiger partial charge in [0.15, 0.2) is 17.6 Å². The van der Waals surface area contributed by atoms with Crippen LogP contribution in [0, 0.1) is 40.9 Å². The lowest BCUT2D eigenvalue weighted by Crippen LogP contribution is -2.60. The zero-order valence-corrected chi connectivity index (χ0v) is 21.2. The van der Waals surface area contributed by atoms with E-state index in [4.69, 9.17) is 13.9 Å². The lowest BCUT2D eigenvalue weighted by molar-refractivity contribution is -0.183. The van der Waals surface area contributed by atoms with Gasteiger partial charge in [-0.2, -0.15) is 0 Å². The van der Waals surface area contributed by atoms with Gasteiger partial charge in [-0.25, -0.2) is 0 Å². The Labute approximate surface area is 207 Å². The molecule has 0 N–H and O–H groups in total. The van der Waals surface area contributed by atoms with Crippen LogP contribution in [-0.4, -0.2) is 42.0 Å². The van der Waals surface area contributed by atoms with E-state index in [-0.39, 0.29) is 41.1 Å². The summed E-state index contributed by atoms with van der Waals surface area (Å²) in [6, 6.07) is 1.85. The van der Waals surface area contributed by atoms with Crippen LogP contribution in [0.3, 0.4) is 0 Å². The number of ketones is 2. The molecule has 1 heterocycles. The number of Topliss-reactive ketones (excluding diaryl/α,β-unsaturated/α-hetero) is 2. The van der Waals surface area contributed by atoms with Crippen molar-refractivity contribution in [3.8, 4) is 11.8 Å². The van der Waals surface area contributed by atoms with Gasteiger partial charge < -0.3 is 13.9 Å². The lowest BCUT2D eigenvalue weighted by Gasteiger charge is -2.56. The minimum Gasteiger partial charge on any atom is -0.469 e. The van der Waals surface area contributed by atoms with Crippen LogP contribution in [0.2, 0.25) is 0 Å². The molecule has 3 fully saturated rings. The average molecular weight is 533 g/mol. The fraction of sp³-hybridized carbons (Fsp3) is 0.615. The summed E-state index contributed by atoms with van der Waals surface area (Å²) in [4.78, 5) is 52.0. The van der Waals surface area contributed by atoms with Gasteiger partial charge in [-0.1, -0.05) is 28.8 Å². The van der Waals surface area contributed by atoms with Gasteiger partial charge in [0.2, 0.25) is 0 Å². The number of halogens is 1. The smallest absolute Gasteiger partial charge is 0.317 e. The summed E-state index contributed by atoms with van der Waals surface area (Å²) >= 11 is 3.07. The normalized spacial score (nSPS) is 34.8. The van der Waals surface area contributed by atoms with Crippen molar-refractivity contribution in [2.45, 2.75) is 58.0 Å². The molecule has 3 aliphatic carbocycles. The zero-order valence-electron chi connectivity index (χ0n) is 19.6. The van der Waals surface area contributed by atoms with E-state index in [0.717, 1.165) is 5.56 Å². The first-order chi connectivity index (χ1) is 16.2. The highest BCUT2D eigenvalue weighted by molar-refractivity contribution is 9.09. The van der Waals surface area contributed by atoms with E-state index in [2.05, 4.69) is 27.8 Å². The number of alkyl halides is 1. The van der Waals surface area contributed by atoms with Crippen LogP contribution in [0.5, 0.6) is 0 Å². The zero-order chi connectivity index (χ0) is 24.6. The molecule has 34 heavy (non-hydrogen) atoms. The van der Waals surface area contributed by atoms with E-state index < -0.39 is 35.3 Å². The highest BCUT2D eigenvalue weighted by Gasteiger charge is 2.62. The second-order valence-electron chi connectivity index (χ2n) is 9.80. The number of ether oxygens (including phenoxy) is 2. The summed E-state index contributed by atoms with van der Waals surface area (Å²) in [5.41, 5.74) is 0.205. The largest absolute Gasteiger partial charge is 0.469 e. The molecule has 0 aliphatic heterocycles. The molecule has 4 rings (SSSR count). The van der Waals surface area contributed by atoms with Crippen LogP contribution in [0.1, 0.15) is 63.2 Å². The summed E-state index contributed by atoms with van der Waals surface area (Å²) in [5.74, 6) is 3.49. The molecule has 1 aromatic heterocycles. The maximum Gasteiger partial charge on any atom is 0.317 e. The van der Waals surface area contributed by atoms with Gasteiger partial charge in [0, 0.05) is 30.2 Å². The van der Waals surface area contributed by atoms with Crippen LogP contribution in [0.4, 0.5) is 0 Å². The fourth-order valence-corrected chi connectivity index (χ4v) is 6.82. The standard InChI is InChI=1S/C26H29BrO7/c1-4-5-20-15(7-9-33-20)14-10-17-16(19(28)11-14)6-8-26(2)18(25(31)32-3)12-21(24(30)23(17)26)34-22(29)13-27/h7,9,14,16-18,21,23H,6,8,10-13H2,1-3H3/t14-,16-,17+,18+,21+,23+,26+/m1/s1. The van der Waals surface area contributed by atoms with E-state index in [0.29, 0.717) is 31.4 Å². The average Bonchev–Trinajstić information content (AvgIpc) is 3.28. The van der Waals surface area contributed by atoms with Gasteiger partial charge in [0.1, 0.15) is 11.1 Å². The number of hydrogen-bond acceptors (Lipinski definition) is 7. The van der Waals surface area contributed by atoms with E-state index in [1.165, 1.54) is 7.11 Å². The molecule has 0 saturated heterocycles. The fourth-order valence-electron chi connectivity index (χ4n) is 6.69. The molecule has 7 atom stereocenters. The third-order valence-electron chi connectivity index (χ3n) is 8.18. The SMILES string of the molecule is CC#Cc1occc1[C@H]1CC(=O)[C@@H]2CC[C@]3(C)[C@H](C(=O)[C@@H](OC(=O)CBr)C[C@H]3C(=O)OC)[C@H]2C1.